The molecule has 90 valence electrons. The lowest BCUT2D eigenvalue weighted by Gasteiger charge is -2.04. The molecular weight excluding hydrogens is 218 g/mol. The van der Waals surface area contributed by atoms with Gasteiger partial charge in [-0.3, -0.25) is 4.79 Å². The van der Waals surface area contributed by atoms with Crippen molar-refractivity contribution in [2.24, 2.45) is 0 Å². The number of hydrogen-bond donors (Lipinski definition) is 1. The smallest absolute Gasteiger partial charge is 0.320 e. The highest BCUT2D eigenvalue weighted by molar-refractivity contribution is 7.92. The number of sulfone groups is 1. The van der Waals surface area contributed by atoms with E-state index in [4.69, 9.17) is 0 Å². The predicted molar refractivity (Wildman–Crippen MR) is 58.4 cm³/mol. The summed E-state index contributed by atoms with van der Waals surface area (Å²) in [6.07, 6.45) is 1.55. The number of esters is 1. The van der Waals surface area contributed by atoms with E-state index in [-0.39, 0.29) is 5.75 Å². The molecule has 0 aliphatic rings. The molecule has 0 bridgehead atoms. The Morgan fingerprint density at radius 3 is 2.53 bits per heavy atom. The van der Waals surface area contributed by atoms with Gasteiger partial charge in [-0.1, -0.05) is 6.92 Å². The lowest BCUT2D eigenvalue weighted by molar-refractivity contribution is -0.137. The third kappa shape index (κ3) is 8.38. The highest BCUT2D eigenvalue weighted by Gasteiger charge is 2.16. The fraction of sp³-hybridized carbons (Fsp3) is 0.889. The Bertz CT molecular complexity index is 274. The molecule has 0 atom stereocenters. The third-order valence-corrected chi connectivity index (χ3v) is 3.39. The van der Waals surface area contributed by atoms with E-state index in [1.807, 2.05) is 6.92 Å². The summed E-state index contributed by atoms with van der Waals surface area (Å²) in [6.45, 7) is 3.59. The van der Waals surface area contributed by atoms with Crippen LogP contribution in [0.1, 0.15) is 19.8 Å². The first-order chi connectivity index (χ1) is 7.02. The highest BCUT2D eigenvalue weighted by Crippen LogP contribution is 1.94. The van der Waals surface area contributed by atoms with Gasteiger partial charge in [0.2, 0.25) is 0 Å². The molecule has 5 nitrogen and oxygen atoms in total. The molecule has 0 aromatic carbocycles. The van der Waals surface area contributed by atoms with Crippen molar-refractivity contribution < 1.29 is 17.9 Å². The van der Waals surface area contributed by atoms with E-state index in [9.17, 15) is 13.2 Å². The summed E-state index contributed by atoms with van der Waals surface area (Å²) < 4.78 is 26.9. The maximum Gasteiger partial charge on any atom is 0.320 e. The lowest BCUT2D eigenvalue weighted by atomic mass is 10.4. The Kier molecular flexibility index (Phi) is 7.33. The van der Waals surface area contributed by atoms with Gasteiger partial charge in [0.05, 0.1) is 12.9 Å². The quantitative estimate of drug-likeness (QED) is 0.474. The van der Waals surface area contributed by atoms with Gasteiger partial charge in [0, 0.05) is 0 Å². The summed E-state index contributed by atoms with van der Waals surface area (Å²) in [7, 11) is -2.11. The van der Waals surface area contributed by atoms with Crippen molar-refractivity contribution in [2.75, 3.05) is 31.7 Å². The number of ether oxygens (including phenoxy) is 1. The van der Waals surface area contributed by atoms with Gasteiger partial charge in [-0.2, -0.15) is 0 Å². The van der Waals surface area contributed by atoms with Crippen molar-refractivity contribution in [1.29, 1.82) is 0 Å². The van der Waals surface area contributed by atoms with Gasteiger partial charge in [-0.15, -0.1) is 0 Å². The molecule has 0 saturated heterocycles. The summed E-state index contributed by atoms with van der Waals surface area (Å²) in [5, 5.41) is 3.09. The third-order valence-electron chi connectivity index (χ3n) is 1.80. The van der Waals surface area contributed by atoms with Crippen molar-refractivity contribution >= 4 is 15.8 Å². The van der Waals surface area contributed by atoms with E-state index in [1.165, 1.54) is 7.11 Å². The van der Waals surface area contributed by atoms with Crippen molar-refractivity contribution in [3.05, 3.63) is 0 Å². The topological polar surface area (TPSA) is 72.5 Å². The molecule has 6 heteroatoms. The second-order valence-electron chi connectivity index (χ2n) is 3.27. The maximum atomic E-state index is 11.3. The second-order valence-corrected chi connectivity index (χ2v) is 5.46. The summed E-state index contributed by atoms with van der Waals surface area (Å²) in [4.78, 5) is 10.7. The molecule has 15 heavy (non-hydrogen) atoms. The van der Waals surface area contributed by atoms with Crippen LogP contribution in [0, 0.1) is 0 Å². The molecule has 0 aliphatic heterocycles. The first kappa shape index (κ1) is 14.4. The highest BCUT2D eigenvalue weighted by atomic mass is 32.2. The first-order valence-corrected chi connectivity index (χ1v) is 6.82. The summed E-state index contributed by atoms with van der Waals surface area (Å²) >= 11 is 0. The van der Waals surface area contributed by atoms with E-state index in [1.54, 1.807) is 0 Å². The van der Waals surface area contributed by atoms with Crippen LogP contribution in [0.2, 0.25) is 0 Å². The van der Waals surface area contributed by atoms with Crippen LogP contribution < -0.4 is 5.32 Å². The van der Waals surface area contributed by atoms with Gasteiger partial charge in [0.15, 0.2) is 9.84 Å². The largest absolute Gasteiger partial charge is 0.468 e. The molecule has 1 N–H and O–H groups in total. The standard InChI is InChI=1S/C9H19NO4S/c1-3-5-10-6-4-7-15(12,13)8-9(11)14-2/h10H,3-8H2,1-2H3. The fourth-order valence-corrected chi connectivity index (χ4v) is 2.23. The van der Waals surface area contributed by atoms with Crippen LogP contribution in [0.4, 0.5) is 0 Å². The zero-order valence-corrected chi connectivity index (χ0v) is 10.1. The van der Waals surface area contributed by atoms with Crippen LogP contribution in [-0.4, -0.2) is 46.1 Å². The van der Waals surface area contributed by atoms with E-state index in [0.717, 1.165) is 13.0 Å². The Labute approximate surface area is 91.1 Å². The number of carbonyl (C=O) groups is 1. The number of hydrogen-bond acceptors (Lipinski definition) is 5. The fourth-order valence-electron chi connectivity index (χ4n) is 1.03. The molecule has 0 amide bonds. The second kappa shape index (κ2) is 7.64. The molecule has 0 fully saturated rings. The minimum Gasteiger partial charge on any atom is -0.468 e. The van der Waals surface area contributed by atoms with Crippen LogP contribution in [0.15, 0.2) is 0 Å². The van der Waals surface area contributed by atoms with E-state index in [2.05, 4.69) is 10.1 Å². The SMILES string of the molecule is CCCNCCCS(=O)(=O)CC(=O)OC. The monoisotopic (exact) mass is 237 g/mol. The number of methoxy groups -OCH3 is 1. The first-order valence-electron chi connectivity index (χ1n) is 4.99. The van der Waals surface area contributed by atoms with Crippen LogP contribution in [0.3, 0.4) is 0 Å². The van der Waals surface area contributed by atoms with Crippen molar-refractivity contribution in [1.82, 2.24) is 5.32 Å². The Morgan fingerprint density at radius 2 is 2.00 bits per heavy atom. The van der Waals surface area contributed by atoms with Gasteiger partial charge in [-0.25, -0.2) is 8.42 Å². The zero-order valence-electron chi connectivity index (χ0n) is 9.28. The molecule has 0 unspecified atom stereocenters. The predicted octanol–water partition coefficient (Wildman–Crippen LogP) is -0.0361. The van der Waals surface area contributed by atoms with E-state index in [0.29, 0.717) is 13.0 Å². The molecule has 0 aromatic heterocycles. The van der Waals surface area contributed by atoms with Gasteiger partial charge >= 0.3 is 5.97 Å². The molecule has 0 spiro atoms. The molecule has 0 saturated carbocycles. The van der Waals surface area contributed by atoms with E-state index >= 15 is 0 Å². The van der Waals surface area contributed by atoms with Gasteiger partial charge in [0.1, 0.15) is 5.75 Å². The Balaban J connectivity index is 3.70. The van der Waals surface area contributed by atoms with Crippen molar-refractivity contribution in [3.63, 3.8) is 0 Å². The lowest BCUT2D eigenvalue weighted by Crippen LogP contribution is -2.23. The number of nitrogens with one attached hydrogen (secondary N) is 1. The number of rotatable bonds is 8. The van der Waals surface area contributed by atoms with Crippen molar-refractivity contribution in [3.8, 4) is 0 Å². The molecule has 0 aliphatic carbocycles. The van der Waals surface area contributed by atoms with Gasteiger partial charge in [-0.05, 0) is 25.9 Å². The Hall–Kier alpha value is -0.620. The van der Waals surface area contributed by atoms with Crippen molar-refractivity contribution in [2.45, 2.75) is 19.8 Å². The molecule has 0 rings (SSSR count). The molecule has 0 aromatic rings. The van der Waals surface area contributed by atoms with Crippen LogP contribution in [0.25, 0.3) is 0 Å². The summed E-state index contributed by atoms with van der Waals surface area (Å²) in [5.41, 5.74) is 0. The minimum atomic E-state index is -3.29. The van der Waals surface area contributed by atoms with Crippen LogP contribution >= 0.6 is 0 Å². The zero-order chi connectivity index (χ0) is 11.7. The minimum absolute atomic E-state index is 0.0266. The van der Waals surface area contributed by atoms with Crippen LogP contribution in [-0.2, 0) is 19.4 Å². The molecule has 0 radical (unpaired) electrons. The summed E-state index contributed by atoms with van der Waals surface area (Å²) in [5.74, 6) is -1.19. The summed E-state index contributed by atoms with van der Waals surface area (Å²) in [6, 6.07) is 0. The normalized spacial score (nSPS) is 11.3. The molecule has 0 heterocycles. The van der Waals surface area contributed by atoms with Gasteiger partial charge in [0.25, 0.3) is 0 Å². The Morgan fingerprint density at radius 1 is 1.33 bits per heavy atom. The molecular formula is C9H19NO4S. The van der Waals surface area contributed by atoms with Gasteiger partial charge < -0.3 is 10.1 Å². The van der Waals surface area contributed by atoms with E-state index < -0.39 is 21.6 Å². The number of carbonyl (C=O) groups excluding carboxylic acids is 1. The average molecular weight is 237 g/mol. The van der Waals surface area contributed by atoms with Crippen LogP contribution in [0.5, 0.6) is 0 Å². The average Bonchev–Trinajstić information content (AvgIpc) is 2.16. The maximum absolute atomic E-state index is 11.3.